The fourth-order valence-electron chi connectivity index (χ4n) is 2.55. The summed E-state index contributed by atoms with van der Waals surface area (Å²) < 4.78 is 25.9. The van der Waals surface area contributed by atoms with Gasteiger partial charge in [-0.05, 0) is 30.5 Å². The van der Waals surface area contributed by atoms with E-state index in [9.17, 15) is 18.8 Å². The Bertz CT molecular complexity index is 545. The number of nitrogens with one attached hydrogen (secondary N) is 1. The lowest BCUT2D eigenvalue weighted by molar-refractivity contribution is -0.129. The molecule has 5 heteroatoms. The molecule has 1 aliphatic carbocycles. The number of carbonyl (C=O) groups is 1. The van der Waals surface area contributed by atoms with Crippen molar-refractivity contribution in [1.82, 2.24) is 5.32 Å². The molecule has 1 aliphatic rings. The summed E-state index contributed by atoms with van der Waals surface area (Å²) in [6.45, 7) is 0.0967. The molecule has 1 aromatic carbocycles. The van der Waals surface area contributed by atoms with E-state index in [-0.39, 0.29) is 12.5 Å². The number of hydrogen-bond donors (Lipinski definition) is 1. The van der Waals surface area contributed by atoms with E-state index in [0.29, 0.717) is 18.4 Å². The van der Waals surface area contributed by atoms with Crippen molar-refractivity contribution < 1.29 is 13.6 Å². The Kier molecular flexibility index (Phi) is 4.33. The number of benzene rings is 1. The fourth-order valence-corrected chi connectivity index (χ4v) is 2.55. The second-order valence-corrected chi connectivity index (χ2v) is 5.19. The van der Waals surface area contributed by atoms with Crippen molar-refractivity contribution in [2.24, 2.45) is 5.41 Å². The highest BCUT2D eigenvalue weighted by Crippen LogP contribution is 2.35. The number of rotatable bonds is 3. The monoisotopic (exact) mass is 278 g/mol. The van der Waals surface area contributed by atoms with Crippen molar-refractivity contribution in [3.05, 3.63) is 35.4 Å². The number of nitrogens with zero attached hydrogens (tertiary/aromatic N) is 1. The van der Waals surface area contributed by atoms with Crippen molar-refractivity contribution in [2.75, 3.05) is 0 Å². The van der Waals surface area contributed by atoms with Crippen molar-refractivity contribution in [3.8, 4) is 6.07 Å². The van der Waals surface area contributed by atoms with Crippen LogP contribution in [0, 0.1) is 28.4 Å². The summed E-state index contributed by atoms with van der Waals surface area (Å²) >= 11 is 0. The van der Waals surface area contributed by atoms with Crippen molar-refractivity contribution in [1.29, 1.82) is 5.26 Å². The Balaban J connectivity index is 2.00. The molecule has 3 nitrogen and oxygen atoms in total. The van der Waals surface area contributed by atoms with Crippen LogP contribution in [0.3, 0.4) is 0 Å². The maximum Gasteiger partial charge on any atom is 0.240 e. The van der Waals surface area contributed by atoms with Crippen LogP contribution in [-0.2, 0) is 11.3 Å². The predicted molar refractivity (Wildman–Crippen MR) is 69.3 cm³/mol. The van der Waals surface area contributed by atoms with E-state index >= 15 is 0 Å². The molecular weight excluding hydrogens is 262 g/mol. The number of hydrogen-bond acceptors (Lipinski definition) is 2. The molecule has 0 spiro atoms. The summed E-state index contributed by atoms with van der Waals surface area (Å²) in [5.41, 5.74) is -0.488. The van der Waals surface area contributed by atoms with Gasteiger partial charge in [-0.25, -0.2) is 8.78 Å². The van der Waals surface area contributed by atoms with Gasteiger partial charge in [0.2, 0.25) is 5.91 Å². The average molecular weight is 278 g/mol. The number of nitriles is 1. The van der Waals surface area contributed by atoms with E-state index in [0.717, 1.165) is 31.4 Å². The van der Waals surface area contributed by atoms with Crippen molar-refractivity contribution in [3.63, 3.8) is 0 Å². The Morgan fingerprint density at radius 1 is 1.25 bits per heavy atom. The normalized spacial score (nSPS) is 17.2. The molecule has 1 amide bonds. The molecule has 1 saturated carbocycles. The van der Waals surface area contributed by atoms with Crippen LogP contribution in [-0.4, -0.2) is 5.91 Å². The number of halogens is 2. The summed E-state index contributed by atoms with van der Waals surface area (Å²) in [7, 11) is 0. The molecular formula is C15H16F2N2O. The van der Waals surface area contributed by atoms with Crippen LogP contribution in [0.15, 0.2) is 18.2 Å². The maximum atomic E-state index is 13.1. The van der Waals surface area contributed by atoms with Crippen molar-refractivity contribution in [2.45, 2.75) is 38.6 Å². The van der Waals surface area contributed by atoms with Gasteiger partial charge in [0, 0.05) is 6.54 Å². The highest BCUT2D eigenvalue weighted by Gasteiger charge is 2.39. The first-order valence-electron chi connectivity index (χ1n) is 6.71. The van der Waals surface area contributed by atoms with E-state index in [1.54, 1.807) is 0 Å². The minimum Gasteiger partial charge on any atom is -0.351 e. The third-order valence-electron chi connectivity index (χ3n) is 3.79. The lowest BCUT2D eigenvalue weighted by atomic mass is 9.74. The van der Waals surface area contributed by atoms with E-state index in [4.69, 9.17) is 0 Å². The highest BCUT2D eigenvalue weighted by atomic mass is 19.2. The third kappa shape index (κ3) is 2.96. The topological polar surface area (TPSA) is 52.9 Å². The molecule has 0 heterocycles. The van der Waals surface area contributed by atoms with Crippen LogP contribution in [0.25, 0.3) is 0 Å². The molecule has 1 N–H and O–H groups in total. The SMILES string of the molecule is N#CC1(C(=O)NCc2ccc(F)c(F)c2)CCCCC1. The molecule has 0 bridgehead atoms. The average Bonchev–Trinajstić information content (AvgIpc) is 2.48. The molecule has 0 unspecified atom stereocenters. The Hall–Kier alpha value is -1.96. The van der Waals surface area contributed by atoms with Crippen LogP contribution < -0.4 is 5.32 Å². The first-order valence-corrected chi connectivity index (χ1v) is 6.71. The molecule has 2 rings (SSSR count). The zero-order valence-corrected chi connectivity index (χ0v) is 11.1. The van der Waals surface area contributed by atoms with Gasteiger partial charge < -0.3 is 5.32 Å². The summed E-state index contributed by atoms with van der Waals surface area (Å²) in [6, 6.07) is 5.62. The first-order chi connectivity index (χ1) is 9.57. The second-order valence-electron chi connectivity index (χ2n) is 5.19. The van der Waals surface area contributed by atoms with Gasteiger partial charge in [-0.3, -0.25) is 4.79 Å². The fraction of sp³-hybridized carbons (Fsp3) is 0.467. The van der Waals surface area contributed by atoms with Crippen LogP contribution in [0.2, 0.25) is 0 Å². The van der Waals surface area contributed by atoms with Crippen molar-refractivity contribution >= 4 is 5.91 Å². The molecule has 0 radical (unpaired) electrons. The molecule has 1 fully saturated rings. The molecule has 0 atom stereocenters. The lowest BCUT2D eigenvalue weighted by Gasteiger charge is -2.29. The zero-order chi connectivity index (χ0) is 14.6. The number of carbonyl (C=O) groups excluding carboxylic acids is 1. The zero-order valence-electron chi connectivity index (χ0n) is 11.1. The standard InChI is InChI=1S/C15H16F2N2O/c16-12-5-4-11(8-13(12)17)9-19-14(20)15(10-18)6-2-1-3-7-15/h4-5,8H,1-3,6-7,9H2,(H,19,20). The summed E-state index contributed by atoms with van der Waals surface area (Å²) in [6.07, 6.45) is 3.90. The Labute approximate surface area is 116 Å². The van der Waals surface area contributed by atoms with E-state index < -0.39 is 17.0 Å². The van der Waals surface area contributed by atoms with Gasteiger partial charge in [0.1, 0.15) is 5.41 Å². The van der Waals surface area contributed by atoms with Crippen LogP contribution in [0.4, 0.5) is 8.78 Å². The van der Waals surface area contributed by atoms with Gasteiger partial charge >= 0.3 is 0 Å². The Morgan fingerprint density at radius 3 is 2.55 bits per heavy atom. The minimum absolute atomic E-state index is 0.0967. The summed E-state index contributed by atoms with van der Waals surface area (Å²) in [4.78, 5) is 12.2. The first kappa shape index (κ1) is 14.4. The van der Waals surface area contributed by atoms with Crippen LogP contribution >= 0.6 is 0 Å². The largest absolute Gasteiger partial charge is 0.351 e. The minimum atomic E-state index is -0.961. The van der Waals surface area contributed by atoms with Gasteiger partial charge in [-0.15, -0.1) is 0 Å². The van der Waals surface area contributed by atoms with E-state index in [1.165, 1.54) is 6.07 Å². The third-order valence-corrected chi connectivity index (χ3v) is 3.79. The molecule has 0 saturated heterocycles. The molecule has 20 heavy (non-hydrogen) atoms. The summed E-state index contributed by atoms with van der Waals surface area (Å²) in [5.74, 6) is -2.17. The number of amides is 1. The predicted octanol–water partition coefficient (Wildman–Crippen LogP) is 3.06. The quantitative estimate of drug-likeness (QED) is 0.923. The second kappa shape index (κ2) is 6.00. The van der Waals surface area contributed by atoms with Gasteiger partial charge in [0.15, 0.2) is 11.6 Å². The van der Waals surface area contributed by atoms with Gasteiger partial charge in [0.05, 0.1) is 6.07 Å². The molecule has 0 aliphatic heterocycles. The highest BCUT2D eigenvalue weighted by molar-refractivity contribution is 5.85. The summed E-state index contributed by atoms with van der Waals surface area (Å²) in [5, 5.41) is 11.9. The Morgan fingerprint density at radius 2 is 1.95 bits per heavy atom. The lowest BCUT2D eigenvalue weighted by Crippen LogP contribution is -2.41. The van der Waals surface area contributed by atoms with Gasteiger partial charge in [-0.1, -0.05) is 25.3 Å². The van der Waals surface area contributed by atoms with Crippen LogP contribution in [0.1, 0.15) is 37.7 Å². The van der Waals surface area contributed by atoms with Gasteiger partial charge in [0.25, 0.3) is 0 Å². The van der Waals surface area contributed by atoms with Gasteiger partial charge in [-0.2, -0.15) is 5.26 Å². The van der Waals surface area contributed by atoms with E-state index in [2.05, 4.69) is 11.4 Å². The van der Waals surface area contributed by atoms with Crippen LogP contribution in [0.5, 0.6) is 0 Å². The molecule has 1 aromatic rings. The molecule has 0 aromatic heterocycles. The maximum absolute atomic E-state index is 13.1. The molecule has 106 valence electrons. The van der Waals surface area contributed by atoms with E-state index in [1.807, 2.05) is 0 Å². The smallest absolute Gasteiger partial charge is 0.240 e.